The molecule has 2 fully saturated rings. The molecule has 2 N–H and O–H groups in total. The number of carbonyl (C=O) groups is 1. The minimum Gasteiger partial charge on any atom is -0.478 e. The summed E-state index contributed by atoms with van der Waals surface area (Å²) in [6, 6.07) is 1.95. The lowest BCUT2D eigenvalue weighted by Crippen LogP contribution is -2.51. The van der Waals surface area contributed by atoms with Gasteiger partial charge in [0, 0.05) is 36.4 Å². The van der Waals surface area contributed by atoms with Crippen molar-refractivity contribution < 1.29 is 24.1 Å². The van der Waals surface area contributed by atoms with Gasteiger partial charge in [-0.3, -0.25) is 0 Å². The van der Waals surface area contributed by atoms with Crippen LogP contribution < -0.4 is 14.8 Å². The highest BCUT2D eigenvalue weighted by Crippen LogP contribution is 2.51. The van der Waals surface area contributed by atoms with Gasteiger partial charge in [0.2, 0.25) is 0 Å². The van der Waals surface area contributed by atoms with Crippen molar-refractivity contribution in [2.75, 3.05) is 19.8 Å². The molecule has 7 heteroatoms. The first-order valence-electron chi connectivity index (χ1n) is 9.96. The molecule has 1 unspecified atom stereocenters. The van der Waals surface area contributed by atoms with Crippen molar-refractivity contribution >= 4 is 17.6 Å². The van der Waals surface area contributed by atoms with E-state index in [9.17, 15) is 9.90 Å². The summed E-state index contributed by atoms with van der Waals surface area (Å²) in [6.07, 6.45) is 4.09. The Hall–Kier alpha value is -1.50. The van der Waals surface area contributed by atoms with Crippen LogP contribution in [0.1, 0.15) is 55.5 Å². The molecule has 1 aliphatic carbocycles. The molecule has 0 spiro atoms. The summed E-state index contributed by atoms with van der Waals surface area (Å²) in [5.41, 5.74) is 0.984. The second kappa shape index (κ2) is 7.08. The molecule has 0 aromatic heterocycles. The largest absolute Gasteiger partial charge is 0.478 e. The fourth-order valence-corrected chi connectivity index (χ4v) is 4.73. The van der Waals surface area contributed by atoms with Gasteiger partial charge in [-0.05, 0) is 38.7 Å². The smallest absolute Gasteiger partial charge is 0.336 e. The van der Waals surface area contributed by atoms with Crippen LogP contribution in [0.5, 0.6) is 11.5 Å². The van der Waals surface area contributed by atoms with Gasteiger partial charge >= 0.3 is 5.97 Å². The van der Waals surface area contributed by atoms with Crippen molar-refractivity contribution in [2.45, 2.75) is 58.3 Å². The summed E-state index contributed by atoms with van der Waals surface area (Å²) in [5, 5.41) is 13.4. The molecule has 1 saturated heterocycles. The third-order valence-electron chi connectivity index (χ3n) is 6.47. The Labute approximate surface area is 170 Å². The van der Waals surface area contributed by atoms with Crippen molar-refractivity contribution in [3.8, 4) is 11.5 Å². The van der Waals surface area contributed by atoms with Crippen LogP contribution in [0.25, 0.3) is 0 Å². The SMILES string of the molecule is Cc1c(C(=O)O)cc(Cl)c2c1OC(C)(C1CCC(NCC3(C)COC3)CC1)O2. The van der Waals surface area contributed by atoms with E-state index in [2.05, 4.69) is 12.2 Å². The third kappa shape index (κ3) is 3.46. The van der Waals surface area contributed by atoms with Crippen LogP contribution in [0.15, 0.2) is 6.07 Å². The van der Waals surface area contributed by atoms with Crippen LogP contribution in [0.2, 0.25) is 5.02 Å². The number of ether oxygens (including phenoxy) is 3. The van der Waals surface area contributed by atoms with Gasteiger partial charge in [0.15, 0.2) is 11.5 Å². The lowest BCUT2D eigenvalue weighted by Gasteiger charge is -2.41. The Kier molecular flexibility index (Phi) is 5.01. The third-order valence-corrected chi connectivity index (χ3v) is 6.75. The first kappa shape index (κ1) is 19.8. The summed E-state index contributed by atoms with van der Waals surface area (Å²) in [6.45, 7) is 8.60. The summed E-state index contributed by atoms with van der Waals surface area (Å²) < 4.78 is 17.7. The Morgan fingerprint density at radius 2 is 1.86 bits per heavy atom. The normalized spacial score (nSPS) is 30.7. The lowest BCUT2D eigenvalue weighted by atomic mass is 9.80. The zero-order valence-electron chi connectivity index (χ0n) is 16.6. The Bertz CT molecular complexity index is 785. The number of carboxylic acids is 1. The second-order valence-corrected chi connectivity index (χ2v) is 9.35. The predicted molar refractivity (Wildman–Crippen MR) is 105 cm³/mol. The molecular formula is C21H28ClNO5. The number of fused-ring (bicyclic) bond motifs is 1. The molecule has 1 saturated carbocycles. The van der Waals surface area contributed by atoms with Crippen LogP contribution in [-0.2, 0) is 4.74 Å². The minimum atomic E-state index is -1.02. The zero-order valence-corrected chi connectivity index (χ0v) is 17.4. The van der Waals surface area contributed by atoms with Gasteiger partial charge in [0.25, 0.3) is 5.79 Å². The number of nitrogens with one attached hydrogen (secondary N) is 1. The maximum Gasteiger partial charge on any atom is 0.336 e. The quantitative estimate of drug-likeness (QED) is 0.764. The minimum absolute atomic E-state index is 0.151. The Balaban J connectivity index is 1.41. The van der Waals surface area contributed by atoms with Crippen molar-refractivity contribution in [3.05, 3.63) is 22.2 Å². The van der Waals surface area contributed by atoms with Crippen LogP contribution in [0.4, 0.5) is 0 Å². The van der Waals surface area contributed by atoms with Crippen LogP contribution in [0, 0.1) is 18.3 Å². The van der Waals surface area contributed by atoms with E-state index in [1.807, 2.05) is 6.92 Å². The van der Waals surface area contributed by atoms with Crippen molar-refractivity contribution in [1.29, 1.82) is 0 Å². The number of carboxylic acid groups (broad SMARTS) is 1. The van der Waals surface area contributed by atoms with Crippen LogP contribution >= 0.6 is 11.6 Å². The fourth-order valence-electron chi connectivity index (χ4n) is 4.50. The van der Waals surface area contributed by atoms with Crippen molar-refractivity contribution in [3.63, 3.8) is 0 Å². The van der Waals surface area contributed by atoms with Gasteiger partial charge in [0.1, 0.15) is 0 Å². The van der Waals surface area contributed by atoms with Gasteiger partial charge in [-0.1, -0.05) is 18.5 Å². The molecule has 3 aliphatic rings. The summed E-state index contributed by atoms with van der Waals surface area (Å²) >= 11 is 6.29. The first-order valence-corrected chi connectivity index (χ1v) is 10.3. The Morgan fingerprint density at radius 1 is 1.21 bits per heavy atom. The highest BCUT2D eigenvalue weighted by Gasteiger charge is 2.47. The Morgan fingerprint density at radius 3 is 2.43 bits per heavy atom. The molecule has 4 rings (SSSR count). The van der Waals surface area contributed by atoms with Crippen molar-refractivity contribution in [1.82, 2.24) is 5.32 Å². The van der Waals surface area contributed by atoms with E-state index in [4.69, 9.17) is 25.8 Å². The summed E-state index contributed by atoms with van der Waals surface area (Å²) in [5.74, 6) is -0.677. The molecular weight excluding hydrogens is 382 g/mol. The molecule has 1 aromatic rings. The molecule has 2 aliphatic heterocycles. The highest BCUT2D eigenvalue weighted by molar-refractivity contribution is 6.32. The van der Waals surface area contributed by atoms with E-state index in [1.165, 1.54) is 6.07 Å². The zero-order chi connectivity index (χ0) is 20.1. The van der Waals surface area contributed by atoms with Gasteiger partial charge < -0.3 is 24.6 Å². The number of halogens is 1. The second-order valence-electron chi connectivity index (χ2n) is 8.95. The maximum atomic E-state index is 11.5. The number of hydrogen-bond donors (Lipinski definition) is 2. The number of benzene rings is 1. The number of aromatic carboxylic acids is 1. The fraction of sp³-hybridized carbons (Fsp3) is 0.667. The molecule has 28 heavy (non-hydrogen) atoms. The van der Waals surface area contributed by atoms with E-state index in [-0.39, 0.29) is 21.9 Å². The van der Waals surface area contributed by atoms with Crippen molar-refractivity contribution in [2.24, 2.45) is 11.3 Å². The molecule has 154 valence electrons. The summed E-state index contributed by atoms with van der Waals surface area (Å²) in [4.78, 5) is 11.5. The van der Waals surface area contributed by atoms with E-state index < -0.39 is 11.8 Å². The van der Waals surface area contributed by atoms with Crippen LogP contribution in [0.3, 0.4) is 0 Å². The van der Waals surface area contributed by atoms with E-state index in [0.717, 1.165) is 45.4 Å². The molecule has 2 heterocycles. The van der Waals surface area contributed by atoms with Crippen LogP contribution in [-0.4, -0.2) is 42.7 Å². The van der Waals surface area contributed by atoms with Gasteiger partial charge in [-0.25, -0.2) is 4.79 Å². The number of rotatable bonds is 5. The molecule has 0 amide bonds. The molecule has 1 atom stereocenters. The van der Waals surface area contributed by atoms with Gasteiger partial charge in [-0.2, -0.15) is 0 Å². The van der Waals surface area contributed by atoms with Gasteiger partial charge in [-0.15, -0.1) is 0 Å². The number of hydrogen-bond acceptors (Lipinski definition) is 5. The standard InChI is InChI=1S/C21H28ClNO5/c1-12-15(19(24)25)8-16(22)18-17(12)27-21(3,28-18)13-4-6-14(7-5-13)23-9-20(2)10-26-11-20/h8,13-14,23H,4-7,9-11H2,1-3H3,(H,24,25). The summed E-state index contributed by atoms with van der Waals surface area (Å²) in [7, 11) is 0. The molecule has 0 bridgehead atoms. The first-order chi connectivity index (χ1) is 13.2. The molecule has 6 nitrogen and oxygen atoms in total. The molecule has 0 radical (unpaired) electrons. The molecule has 1 aromatic carbocycles. The van der Waals surface area contributed by atoms with E-state index in [1.54, 1.807) is 6.92 Å². The monoisotopic (exact) mass is 409 g/mol. The average molecular weight is 410 g/mol. The van der Waals surface area contributed by atoms with Gasteiger partial charge in [0.05, 0.1) is 23.8 Å². The highest BCUT2D eigenvalue weighted by atomic mass is 35.5. The average Bonchev–Trinajstić information content (AvgIpc) is 3.01. The topological polar surface area (TPSA) is 77.0 Å². The lowest BCUT2D eigenvalue weighted by molar-refractivity contribution is -0.123. The van der Waals surface area contributed by atoms with E-state index >= 15 is 0 Å². The van der Waals surface area contributed by atoms with E-state index in [0.29, 0.717) is 23.1 Å². The maximum absolute atomic E-state index is 11.5. The predicted octanol–water partition coefficient (Wildman–Crippen LogP) is 4.02.